The second kappa shape index (κ2) is 7.01. The number of methoxy groups -OCH3 is 1. The van der Waals surface area contributed by atoms with Crippen LogP contribution in [0.25, 0.3) is 0 Å². The van der Waals surface area contributed by atoms with Crippen molar-refractivity contribution in [3.05, 3.63) is 15.6 Å². The van der Waals surface area contributed by atoms with Gasteiger partial charge in [-0.3, -0.25) is 10.1 Å². The molecule has 1 heterocycles. The lowest BCUT2D eigenvalue weighted by Gasteiger charge is -2.25. The van der Waals surface area contributed by atoms with Crippen LogP contribution >= 0.6 is 11.3 Å². The van der Waals surface area contributed by atoms with E-state index >= 15 is 0 Å². The van der Waals surface area contributed by atoms with Crippen LogP contribution in [0.15, 0.2) is 0 Å². The molecule has 1 N–H and O–H groups in total. The minimum atomic E-state index is -0.286. The molecule has 0 saturated heterocycles. The Kier molecular flexibility index (Phi) is 5.94. The molecular formula is C14H24N2O2S. The first kappa shape index (κ1) is 16.1. The number of aromatic nitrogens is 1. The van der Waals surface area contributed by atoms with E-state index in [-0.39, 0.29) is 24.0 Å². The minimum absolute atomic E-state index is 0.0445. The highest BCUT2D eigenvalue weighted by molar-refractivity contribution is 7.11. The largest absolute Gasteiger partial charge is 0.468 e. The molecule has 0 aliphatic heterocycles. The number of ether oxygens (including phenoxy) is 1. The molecule has 4 nitrogen and oxygen atoms in total. The Bertz CT molecular complexity index is 431. The Morgan fingerprint density at radius 2 is 2.05 bits per heavy atom. The monoisotopic (exact) mass is 284 g/mol. The summed E-state index contributed by atoms with van der Waals surface area (Å²) >= 11 is 1.69. The van der Waals surface area contributed by atoms with Crippen LogP contribution in [-0.2, 0) is 9.53 Å². The van der Waals surface area contributed by atoms with Gasteiger partial charge in [0.25, 0.3) is 0 Å². The van der Waals surface area contributed by atoms with Crippen LogP contribution in [0.2, 0.25) is 0 Å². The van der Waals surface area contributed by atoms with Gasteiger partial charge in [0, 0.05) is 10.9 Å². The normalized spacial score (nSPS) is 15.9. The van der Waals surface area contributed by atoms with E-state index in [0.717, 1.165) is 17.1 Å². The molecule has 1 rings (SSSR count). The molecule has 0 aliphatic rings. The van der Waals surface area contributed by atoms with Crippen molar-refractivity contribution in [2.75, 3.05) is 7.11 Å². The molecule has 19 heavy (non-hydrogen) atoms. The van der Waals surface area contributed by atoms with Crippen LogP contribution in [0.3, 0.4) is 0 Å². The summed E-state index contributed by atoms with van der Waals surface area (Å²) in [6.45, 7) is 10.2. The van der Waals surface area contributed by atoms with Gasteiger partial charge in [-0.05, 0) is 26.7 Å². The topological polar surface area (TPSA) is 51.2 Å². The van der Waals surface area contributed by atoms with Crippen molar-refractivity contribution in [1.29, 1.82) is 0 Å². The van der Waals surface area contributed by atoms with Gasteiger partial charge in [-0.15, -0.1) is 11.3 Å². The van der Waals surface area contributed by atoms with Crippen molar-refractivity contribution in [1.82, 2.24) is 10.3 Å². The second-order valence-electron chi connectivity index (χ2n) is 4.95. The molecule has 0 aliphatic carbocycles. The zero-order chi connectivity index (χ0) is 14.6. The third-order valence-electron chi connectivity index (χ3n) is 3.45. The summed E-state index contributed by atoms with van der Waals surface area (Å²) in [7, 11) is 1.43. The molecule has 0 aromatic carbocycles. The van der Waals surface area contributed by atoms with Gasteiger partial charge in [0.1, 0.15) is 6.04 Å². The van der Waals surface area contributed by atoms with E-state index < -0.39 is 0 Å². The van der Waals surface area contributed by atoms with Gasteiger partial charge >= 0.3 is 5.97 Å². The van der Waals surface area contributed by atoms with Crippen molar-refractivity contribution in [2.45, 2.75) is 53.1 Å². The Balaban J connectivity index is 2.84. The van der Waals surface area contributed by atoms with E-state index in [0.29, 0.717) is 0 Å². The standard InChI is InChI=1S/C14H24N2O2S/c1-7-8(2)12(14(17)18-6)15-9(3)13-10(4)19-11(5)16-13/h8-9,12,15H,7H2,1-6H3. The summed E-state index contributed by atoms with van der Waals surface area (Å²) in [6, 6.07) is -0.241. The van der Waals surface area contributed by atoms with E-state index in [1.165, 1.54) is 12.0 Å². The molecule has 0 bridgehead atoms. The summed E-state index contributed by atoms with van der Waals surface area (Å²) in [6.07, 6.45) is 0.925. The average molecular weight is 284 g/mol. The van der Waals surface area contributed by atoms with E-state index in [2.05, 4.69) is 31.1 Å². The number of thiazole rings is 1. The summed E-state index contributed by atoms with van der Waals surface area (Å²) in [5.41, 5.74) is 1.03. The highest BCUT2D eigenvalue weighted by Crippen LogP contribution is 2.24. The van der Waals surface area contributed by atoms with Gasteiger partial charge in [0.2, 0.25) is 0 Å². The fourth-order valence-electron chi connectivity index (χ4n) is 2.12. The van der Waals surface area contributed by atoms with E-state index in [1.54, 1.807) is 11.3 Å². The summed E-state index contributed by atoms with van der Waals surface area (Å²) in [5.74, 6) is 0.0285. The molecule has 1 aromatic rings. The molecule has 0 fully saturated rings. The molecule has 0 spiro atoms. The number of carbonyl (C=O) groups is 1. The first-order chi connectivity index (χ1) is 8.90. The van der Waals surface area contributed by atoms with Crippen LogP contribution in [0.1, 0.15) is 48.8 Å². The van der Waals surface area contributed by atoms with E-state index in [1.807, 2.05) is 13.8 Å². The van der Waals surface area contributed by atoms with Crippen molar-refractivity contribution in [3.8, 4) is 0 Å². The highest BCUT2D eigenvalue weighted by atomic mass is 32.1. The van der Waals surface area contributed by atoms with Crippen molar-refractivity contribution in [2.24, 2.45) is 5.92 Å². The fourth-order valence-corrected chi connectivity index (χ4v) is 3.04. The lowest BCUT2D eigenvalue weighted by Crippen LogP contribution is -2.43. The highest BCUT2D eigenvalue weighted by Gasteiger charge is 2.27. The Hall–Kier alpha value is -0.940. The second-order valence-corrected chi connectivity index (χ2v) is 6.36. The van der Waals surface area contributed by atoms with Gasteiger partial charge < -0.3 is 4.74 Å². The number of hydrogen-bond donors (Lipinski definition) is 1. The zero-order valence-corrected chi connectivity index (χ0v) is 13.4. The maximum Gasteiger partial charge on any atom is 0.323 e. The van der Waals surface area contributed by atoms with Crippen LogP contribution in [0.4, 0.5) is 0 Å². The first-order valence-electron chi connectivity index (χ1n) is 6.68. The average Bonchev–Trinajstić information content (AvgIpc) is 2.73. The van der Waals surface area contributed by atoms with Gasteiger partial charge in [-0.25, -0.2) is 4.98 Å². The van der Waals surface area contributed by atoms with Gasteiger partial charge in [-0.2, -0.15) is 0 Å². The molecule has 3 atom stereocenters. The molecular weight excluding hydrogens is 260 g/mol. The van der Waals surface area contributed by atoms with Crippen LogP contribution in [0.5, 0.6) is 0 Å². The molecule has 0 saturated carbocycles. The summed E-state index contributed by atoms with van der Waals surface area (Å²) in [4.78, 5) is 17.6. The van der Waals surface area contributed by atoms with Gasteiger partial charge in [-0.1, -0.05) is 20.3 Å². The zero-order valence-electron chi connectivity index (χ0n) is 12.6. The van der Waals surface area contributed by atoms with E-state index in [9.17, 15) is 4.79 Å². The molecule has 0 amide bonds. The number of hydrogen-bond acceptors (Lipinski definition) is 5. The molecule has 5 heteroatoms. The number of aryl methyl sites for hydroxylation is 2. The number of rotatable bonds is 6. The quantitative estimate of drug-likeness (QED) is 0.816. The third-order valence-corrected chi connectivity index (χ3v) is 4.35. The number of esters is 1. The maximum atomic E-state index is 11.9. The van der Waals surface area contributed by atoms with E-state index in [4.69, 9.17) is 4.74 Å². The fraction of sp³-hybridized carbons (Fsp3) is 0.714. The Labute approximate surface area is 119 Å². The van der Waals surface area contributed by atoms with Gasteiger partial charge in [0.15, 0.2) is 0 Å². The maximum absolute atomic E-state index is 11.9. The minimum Gasteiger partial charge on any atom is -0.468 e. The van der Waals surface area contributed by atoms with Crippen molar-refractivity contribution < 1.29 is 9.53 Å². The molecule has 3 unspecified atom stereocenters. The van der Waals surface area contributed by atoms with Crippen molar-refractivity contribution >= 4 is 17.3 Å². The van der Waals surface area contributed by atoms with Crippen LogP contribution < -0.4 is 5.32 Å². The predicted molar refractivity (Wildman–Crippen MR) is 78.4 cm³/mol. The Morgan fingerprint density at radius 3 is 2.47 bits per heavy atom. The lowest BCUT2D eigenvalue weighted by atomic mass is 9.98. The molecule has 1 aromatic heterocycles. The lowest BCUT2D eigenvalue weighted by molar-refractivity contribution is -0.144. The van der Waals surface area contributed by atoms with Crippen LogP contribution in [-0.4, -0.2) is 24.1 Å². The van der Waals surface area contributed by atoms with Gasteiger partial charge in [0.05, 0.1) is 17.8 Å². The SMILES string of the molecule is CCC(C)C(NC(C)c1nc(C)sc1C)C(=O)OC. The number of nitrogens with zero attached hydrogens (tertiary/aromatic N) is 1. The smallest absolute Gasteiger partial charge is 0.323 e. The van der Waals surface area contributed by atoms with Crippen molar-refractivity contribution in [3.63, 3.8) is 0 Å². The summed E-state index contributed by atoms with van der Waals surface area (Å²) in [5, 5.41) is 4.41. The summed E-state index contributed by atoms with van der Waals surface area (Å²) < 4.78 is 4.89. The van der Waals surface area contributed by atoms with Crippen LogP contribution in [0, 0.1) is 19.8 Å². The first-order valence-corrected chi connectivity index (χ1v) is 7.50. The molecule has 108 valence electrons. The Morgan fingerprint density at radius 1 is 1.42 bits per heavy atom. The molecule has 0 radical (unpaired) electrons. The number of carbonyl (C=O) groups excluding carboxylic acids is 1. The third kappa shape index (κ3) is 4.01. The number of nitrogens with one attached hydrogen (secondary N) is 1. The predicted octanol–water partition coefficient (Wildman–Crippen LogP) is 3.00.